The maximum atomic E-state index is 11.9. The number of hydrogen-bond donors (Lipinski definition) is 2. The molecule has 1 rings (SSSR count). The Kier molecular flexibility index (Phi) is 6.29. The van der Waals surface area contributed by atoms with E-state index in [9.17, 15) is 9.59 Å². The molecule has 3 amide bonds. The molecule has 5 heteroatoms. The quantitative estimate of drug-likeness (QED) is 0.783. The normalized spacial score (nSPS) is 9.70. The Morgan fingerprint density at radius 1 is 1.20 bits per heavy atom. The summed E-state index contributed by atoms with van der Waals surface area (Å²) in [6.45, 7) is 9.14. The molecule has 0 radical (unpaired) electrons. The van der Waals surface area contributed by atoms with E-state index in [-0.39, 0.29) is 11.9 Å². The number of carbonyl (C=O) groups excluding carboxylic acids is 2. The van der Waals surface area contributed by atoms with E-state index in [1.54, 1.807) is 35.2 Å². The van der Waals surface area contributed by atoms with E-state index in [0.29, 0.717) is 30.9 Å². The second kappa shape index (κ2) is 7.99. The minimum absolute atomic E-state index is 0.140. The molecule has 0 aliphatic rings. The summed E-state index contributed by atoms with van der Waals surface area (Å²) < 4.78 is 0. The SMILES string of the molecule is C=CCNC(=O)c1ccc(NC(=O)N(CC)CC)cc1. The zero-order valence-electron chi connectivity index (χ0n) is 12.0. The molecule has 0 saturated heterocycles. The van der Waals surface area contributed by atoms with E-state index in [4.69, 9.17) is 0 Å². The van der Waals surface area contributed by atoms with Crippen LogP contribution < -0.4 is 10.6 Å². The summed E-state index contributed by atoms with van der Waals surface area (Å²) in [5.74, 6) is -0.161. The summed E-state index contributed by atoms with van der Waals surface area (Å²) in [6, 6.07) is 6.64. The van der Waals surface area contributed by atoms with Gasteiger partial charge in [0, 0.05) is 30.9 Å². The van der Waals surface area contributed by atoms with Crippen molar-refractivity contribution in [2.75, 3.05) is 25.0 Å². The third-order valence-corrected chi connectivity index (χ3v) is 2.86. The van der Waals surface area contributed by atoms with Crippen LogP contribution in [0.15, 0.2) is 36.9 Å². The lowest BCUT2D eigenvalue weighted by Crippen LogP contribution is -2.34. The zero-order chi connectivity index (χ0) is 15.0. The predicted molar refractivity (Wildman–Crippen MR) is 80.9 cm³/mol. The summed E-state index contributed by atoms with van der Waals surface area (Å²) in [5, 5.41) is 5.49. The van der Waals surface area contributed by atoms with Crippen molar-refractivity contribution in [2.45, 2.75) is 13.8 Å². The third kappa shape index (κ3) is 4.42. The Balaban J connectivity index is 2.64. The van der Waals surface area contributed by atoms with E-state index in [1.807, 2.05) is 13.8 Å². The van der Waals surface area contributed by atoms with Crippen LogP contribution in [-0.4, -0.2) is 36.5 Å². The largest absolute Gasteiger partial charge is 0.349 e. The van der Waals surface area contributed by atoms with Gasteiger partial charge in [0.1, 0.15) is 0 Å². The van der Waals surface area contributed by atoms with E-state index in [0.717, 1.165) is 0 Å². The van der Waals surface area contributed by atoms with Crippen molar-refractivity contribution in [1.29, 1.82) is 0 Å². The van der Waals surface area contributed by atoms with Crippen LogP contribution in [0.25, 0.3) is 0 Å². The average molecular weight is 275 g/mol. The predicted octanol–water partition coefficient (Wildman–Crippen LogP) is 2.48. The molecular weight excluding hydrogens is 254 g/mol. The van der Waals surface area contributed by atoms with Crippen molar-refractivity contribution in [3.63, 3.8) is 0 Å². The monoisotopic (exact) mass is 275 g/mol. The number of carbonyl (C=O) groups is 2. The van der Waals surface area contributed by atoms with Crippen LogP contribution in [0.5, 0.6) is 0 Å². The van der Waals surface area contributed by atoms with Gasteiger partial charge in [-0.05, 0) is 38.1 Å². The molecule has 0 atom stereocenters. The van der Waals surface area contributed by atoms with Crippen LogP contribution in [0.3, 0.4) is 0 Å². The number of nitrogens with one attached hydrogen (secondary N) is 2. The molecule has 1 aromatic rings. The van der Waals surface area contributed by atoms with Gasteiger partial charge in [-0.3, -0.25) is 4.79 Å². The highest BCUT2D eigenvalue weighted by Crippen LogP contribution is 2.10. The Bertz CT molecular complexity index is 465. The van der Waals surface area contributed by atoms with Gasteiger partial charge in [-0.1, -0.05) is 6.08 Å². The number of anilines is 1. The number of nitrogens with zero attached hydrogens (tertiary/aromatic N) is 1. The van der Waals surface area contributed by atoms with Gasteiger partial charge in [-0.2, -0.15) is 0 Å². The van der Waals surface area contributed by atoms with E-state index in [1.165, 1.54) is 0 Å². The van der Waals surface area contributed by atoms with Crippen molar-refractivity contribution < 1.29 is 9.59 Å². The molecule has 5 nitrogen and oxygen atoms in total. The Morgan fingerprint density at radius 2 is 1.80 bits per heavy atom. The summed E-state index contributed by atoms with van der Waals surface area (Å²) in [4.78, 5) is 25.2. The minimum atomic E-state index is -0.161. The maximum absolute atomic E-state index is 11.9. The number of hydrogen-bond acceptors (Lipinski definition) is 2. The Hall–Kier alpha value is -2.30. The Labute approximate surface area is 119 Å². The number of rotatable bonds is 6. The fourth-order valence-corrected chi connectivity index (χ4v) is 1.69. The lowest BCUT2D eigenvalue weighted by atomic mass is 10.2. The van der Waals surface area contributed by atoms with Crippen molar-refractivity contribution in [2.24, 2.45) is 0 Å². The van der Waals surface area contributed by atoms with Crippen LogP contribution in [0.4, 0.5) is 10.5 Å². The summed E-state index contributed by atoms with van der Waals surface area (Å²) in [5.41, 5.74) is 1.22. The van der Waals surface area contributed by atoms with Gasteiger partial charge in [0.2, 0.25) is 0 Å². The second-order valence-electron chi connectivity index (χ2n) is 4.18. The molecule has 0 aliphatic heterocycles. The molecule has 0 fully saturated rings. The molecule has 0 aliphatic carbocycles. The molecule has 20 heavy (non-hydrogen) atoms. The van der Waals surface area contributed by atoms with Crippen LogP contribution in [0.2, 0.25) is 0 Å². The first kappa shape index (κ1) is 15.8. The van der Waals surface area contributed by atoms with Crippen molar-refractivity contribution >= 4 is 17.6 Å². The average Bonchev–Trinajstić information content (AvgIpc) is 2.46. The van der Waals surface area contributed by atoms with Gasteiger partial charge in [0.05, 0.1) is 0 Å². The molecule has 0 heterocycles. The first-order valence-corrected chi connectivity index (χ1v) is 6.67. The number of benzene rings is 1. The standard InChI is InChI=1S/C15H21N3O2/c1-4-11-16-14(19)12-7-9-13(10-8-12)17-15(20)18(5-2)6-3/h4,7-10H,1,5-6,11H2,2-3H3,(H,16,19)(H,17,20). The van der Waals surface area contributed by atoms with Crippen LogP contribution in [0.1, 0.15) is 24.2 Å². The molecule has 0 aromatic heterocycles. The lowest BCUT2D eigenvalue weighted by molar-refractivity contribution is 0.0958. The lowest BCUT2D eigenvalue weighted by Gasteiger charge is -2.19. The van der Waals surface area contributed by atoms with Crippen molar-refractivity contribution in [3.8, 4) is 0 Å². The van der Waals surface area contributed by atoms with Gasteiger partial charge in [-0.25, -0.2) is 4.79 Å². The maximum Gasteiger partial charge on any atom is 0.321 e. The third-order valence-electron chi connectivity index (χ3n) is 2.86. The molecular formula is C15H21N3O2. The topological polar surface area (TPSA) is 61.4 Å². The zero-order valence-corrected chi connectivity index (χ0v) is 12.0. The van der Waals surface area contributed by atoms with Crippen LogP contribution >= 0.6 is 0 Å². The molecule has 0 bridgehead atoms. The van der Waals surface area contributed by atoms with E-state index in [2.05, 4.69) is 17.2 Å². The molecule has 108 valence electrons. The van der Waals surface area contributed by atoms with Crippen molar-refractivity contribution in [1.82, 2.24) is 10.2 Å². The van der Waals surface area contributed by atoms with Crippen LogP contribution in [-0.2, 0) is 0 Å². The van der Waals surface area contributed by atoms with Gasteiger partial charge in [0.25, 0.3) is 5.91 Å². The fourth-order valence-electron chi connectivity index (χ4n) is 1.69. The summed E-state index contributed by atoms with van der Waals surface area (Å²) in [6.07, 6.45) is 1.62. The molecule has 1 aromatic carbocycles. The van der Waals surface area contributed by atoms with Gasteiger partial charge in [0.15, 0.2) is 0 Å². The minimum Gasteiger partial charge on any atom is -0.349 e. The molecule has 0 saturated carbocycles. The van der Waals surface area contributed by atoms with Gasteiger partial charge >= 0.3 is 6.03 Å². The summed E-state index contributed by atoms with van der Waals surface area (Å²) in [7, 11) is 0. The van der Waals surface area contributed by atoms with E-state index < -0.39 is 0 Å². The number of amides is 3. The number of urea groups is 1. The smallest absolute Gasteiger partial charge is 0.321 e. The fraction of sp³-hybridized carbons (Fsp3) is 0.333. The summed E-state index contributed by atoms with van der Waals surface area (Å²) >= 11 is 0. The van der Waals surface area contributed by atoms with Crippen LogP contribution in [0, 0.1) is 0 Å². The second-order valence-corrected chi connectivity index (χ2v) is 4.18. The van der Waals surface area contributed by atoms with Crippen molar-refractivity contribution in [3.05, 3.63) is 42.5 Å². The first-order valence-electron chi connectivity index (χ1n) is 6.67. The van der Waals surface area contributed by atoms with E-state index >= 15 is 0 Å². The highest BCUT2D eigenvalue weighted by Gasteiger charge is 2.09. The molecule has 0 unspecified atom stereocenters. The molecule has 0 spiro atoms. The highest BCUT2D eigenvalue weighted by molar-refractivity contribution is 5.95. The first-order chi connectivity index (χ1) is 9.62. The Morgan fingerprint density at radius 3 is 2.30 bits per heavy atom. The molecule has 2 N–H and O–H groups in total. The highest BCUT2D eigenvalue weighted by atomic mass is 16.2. The van der Waals surface area contributed by atoms with Gasteiger partial charge < -0.3 is 15.5 Å². The van der Waals surface area contributed by atoms with Gasteiger partial charge in [-0.15, -0.1) is 6.58 Å².